The maximum Gasteiger partial charge on any atom is 0.306 e. The highest BCUT2D eigenvalue weighted by Crippen LogP contribution is 2.15. The number of hydrogen-bond donors (Lipinski definition) is 1. The minimum absolute atomic E-state index is 0.0878. The van der Waals surface area contributed by atoms with E-state index in [1.807, 2.05) is 0 Å². The van der Waals surface area contributed by atoms with Gasteiger partial charge in [0.2, 0.25) is 0 Å². The van der Waals surface area contributed by atoms with Crippen molar-refractivity contribution in [2.24, 2.45) is 0 Å². The molecule has 5 heteroatoms. The van der Waals surface area contributed by atoms with Gasteiger partial charge in [0.25, 0.3) is 0 Å². The third kappa shape index (κ3) is 40.6. The van der Waals surface area contributed by atoms with E-state index in [1.165, 1.54) is 116 Å². The number of aliphatic hydroxyl groups excluding tert-OH is 1. The second-order valence-electron chi connectivity index (χ2n) is 14.7. The van der Waals surface area contributed by atoms with Gasteiger partial charge < -0.3 is 14.6 Å². The van der Waals surface area contributed by atoms with Crippen molar-refractivity contribution in [3.8, 4) is 0 Å². The highest BCUT2D eigenvalue weighted by atomic mass is 16.6. The van der Waals surface area contributed by atoms with Crippen LogP contribution in [0, 0.1) is 0 Å². The maximum atomic E-state index is 12.2. The number of ether oxygens (including phenoxy) is 2. The van der Waals surface area contributed by atoms with Gasteiger partial charge in [-0.1, -0.05) is 191 Å². The summed E-state index contributed by atoms with van der Waals surface area (Å²) < 4.78 is 10.6. The number of rotatable bonds is 40. The number of carbonyl (C=O) groups excluding carboxylic acids is 2. The second-order valence-corrected chi connectivity index (χ2v) is 14.7. The van der Waals surface area contributed by atoms with Crippen molar-refractivity contribution in [2.75, 3.05) is 13.2 Å². The Morgan fingerprint density at radius 3 is 1.33 bits per heavy atom. The Morgan fingerprint density at radius 1 is 0.462 bits per heavy atom. The number of aliphatic hydroxyl groups is 1. The van der Waals surface area contributed by atoms with Gasteiger partial charge in [0, 0.05) is 12.8 Å². The van der Waals surface area contributed by atoms with Gasteiger partial charge in [-0.15, -0.1) is 0 Å². The van der Waals surface area contributed by atoms with Gasteiger partial charge in [-0.3, -0.25) is 9.59 Å². The SMILES string of the molecule is CC/C=C/C/C=C/C/C=C/CCCCCCCC(=O)O[C@@H](CO)COC(=O)CCC/C=C/CCCCCCCCCCCCCCCCCCCC. The monoisotopic (exact) mass is 729 g/mol. The molecule has 0 amide bonds. The van der Waals surface area contributed by atoms with E-state index in [2.05, 4.69) is 62.5 Å². The van der Waals surface area contributed by atoms with Crippen molar-refractivity contribution in [3.63, 3.8) is 0 Å². The third-order valence-corrected chi connectivity index (χ3v) is 9.61. The fraction of sp³-hybridized carbons (Fsp3) is 0.787. The molecule has 1 N–H and O–H groups in total. The summed E-state index contributed by atoms with van der Waals surface area (Å²) in [6.45, 7) is 4.00. The molecule has 302 valence electrons. The molecule has 52 heavy (non-hydrogen) atoms. The van der Waals surface area contributed by atoms with Crippen LogP contribution >= 0.6 is 0 Å². The first-order valence-corrected chi connectivity index (χ1v) is 22.2. The van der Waals surface area contributed by atoms with E-state index in [0.29, 0.717) is 12.8 Å². The lowest BCUT2D eigenvalue weighted by atomic mass is 10.0. The standard InChI is InChI=1S/C47H84O5/c1-3-5-7-9-11-13-15-17-19-20-21-22-23-24-25-26-28-29-31-33-35-37-39-41-46(49)51-44-45(43-48)52-47(50)42-40-38-36-34-32-30-27-18-16-14-12-10-8-6-4-2/h6,8,12,14,18,27,33,35,45,48H,3-5,7,9-11,13,15-17,19-26,28-32,34,36-44H2,1-2H3/b8-6+,14-12+,27-18+,35-33+/t45-/m0/s1. The molecule has 0 saturated heterocycles. The molecule has 0 radical (unpaired) electrons. The first-order valence-electron chi connectivity index (χ1n) is 22.2. The Morgan fingerprint density at radius 2 is 0.846 bits per heavy atom. The van der Waals surface area contributed by atoms with E-state index in [1.54, 1.807) is 0 Å². The van der Waals surface area contributed by atoms with Crippen LogP contribution in [-0.4, -0.2) is 36.4 Å². The summed E-state index contributed by atoms with van der Waals surface area (Å²) in [5.41, 5.74) is 0. The van der Waals surface area contributed by atoms with Crippen molar-refractivity contribution in [3.05, 3.63) is 48.6 Å². The Bertz CT molecular complexity index is 873. The van der Waals surface area contributed by atoms with E-state index in [4.69, 9.17) is 9.47 Å². The topological polar surface area (TPSA) is 72.8 Å². The van der Waals surface area contributed by atoms with Gasteiger partial charge in [-0.25, -0.2) is 0 Å². The van der Waals surface area contributed by atoms with Crippen LogP contribution in [0.5, 0.6) is 0 Å². The molecule has 0 aromatic rings. The number of carbonyl (C=O) groups is 2. The quantitative estimate of drug-likeness (QED) is 0.0386. The summed E-state index contributed by atoms with van der Waals surface area (Å²) in [4.78, 5) is 24.3. The van der Waals surface area contributed by atoms with Crippen LogP contribution in [0.3, 0.4) is 0 Å². The van der Waals surface area contributed by atoms with Crippen LogP contribution < -0.4 is 0 Å². The Kier molecular flexibility index (Phi) is 41.5. The van der Waals surface area contributed by atoms with Crippen molar-refractivity contribution < 1.29 is 24.2 Å². The lowest BCUT2D eigenvalue weighted by Gasteiger charge is -2.15. The number of allylic oxidation sites excluding steroid dienone is 8. The third-order valence-electron chi connectivity index (χ3n) is 9.61. The smallest absolute Gasteiger partial charge is 0.306 e. The Labute approximate surface area is 322 Å². The molecule has 1 atom stereocenters. The van der Waals surface area contributed by atoms with Gasteiger partial charge >= 0.3 is 11.9 Å². The molecule has 0 aliphatic heterocycles. The van der Waals surface area contributed by atoms with Crippen molar-refractivity contribution >= 4 is 11.9 Å². The molecule has 0 aliphatic rings. The largest absolute Gasteiger partial charge is 0.462 e. The van der Waals surface area contributed by atoms with Gasteiger partial charge in [-0.2, -0.15) is 0 Å². The predicted octanol–water partition coefficient (Wildman–Crippen LogP) is 14.2. The zero-order valence-corrected chi connectivity index (χ0v) is 34.3. The molecule has 0 aromatic carbocycles. The van der Waals surface area contributed by atoms with Crippen LogP contribution in [0.1, 0.15) is 219 Å². The van der Waals surface area contributed by atoms with Crippen LogP contribution in [0.2, 0.25) is 0 Å². The number of unbranched alkanes of at least 4 members (excludes halogenated alkanes) is 24. The molecule has 0 spiro atoms. The summed E-state index contributed by atoms with van der Waals surface area (Å²) in [6.07, 6.45) is 54.9. The fourth-order valence-electron chi connectivity index (χ4n) is 6.28. The Hall–Kier alpha value is -2.14. The van der Waals surface area contributed by atoms with Crippen LogP contribution in [0.25, 0.3) is 0 Å². The molecular formula is C47H84O5. The summed E-state index contributed by atoms with van der Waals surface area (Å²) in [7, 11) is 0. The molecule has 0 rings (SSSR count). The first-order chi connectivity index (χ1) is 25.6. The van der Waals surface area contributed by atoms with E-state index in [0.717, 1.165) is 77.0 Å². The molecule has 0 fully saturated rings. The van der Waals surface area contributed by atoms with Crippen molar-refractivity contribution in [1.82, 2.24) is 0 Å². The molecule has 0 heterocycles. The molecule has 0 bridgehead atoms. The van der Waals surface area contributed by atoms with Crippen LogP contribution in [0.15, 0.2) is 48.6 Å². The highest BCUT2D eigenvalue weighted by Gasteiger charge is 2.16. The van der Waals surface area contributed by atoms with Crippen molar-refractivity contribution in [2.45, 2.75) is 225 Å². The van der Waals surface area contributed by atoms with E-state index >= 15 is 0 Å². The average Bonchev–Trinajstić information content (AvgIpc) is 3.15. The minimum Gasteiger partial charge on any atom is -0.462 e. The molecule has 0 unspecified atom stereocenters. The van der Waals surface area contributed by atoms with Gasteiger partial charge in [0.1, 0.15) is 6.61 Å². The fourth-order valence-corrected chi connectivity index (χ4v) is 6.28. The van der Waals surface area contributed by atoms with E-state index in [-0.39, 0.29) is 25.2 Å². The summed E-state index contributed by atoms with van der Waals surface area (Å²) in [5, 5.41) is 9.57. The lowest BCUT2D eigenvalue weighted by molar-refractivity contribution is -0.161. The normalized spacial score (nSPS) is 12.6. The zero-order chi connectivity index (χ0) is 37.8. The van der Waals surface area contributed by atoms with E-state index in [9.17, 15) is 14.7 Å². The summed E-state index contributed by atoms with van der Waals surface area (Å²) >= 11 is 0. The number of esters is 2. The van der Waals surface area contributed by atoms with Crippen molar-refractivity contribution in [1.29, 1.82) is 0 Å². The van der Waals surface area contributed by atoms with Gasteiger partial charge in [0.05, 0.1) is 6.61 Å². The molecule has 0 aromatic heterocycles. The number of hydrogen-bond acceptors (Lipinski definition) is 5. The molecule has 0 saturated carbocycles. The second kappa shape index (κ2) is 43.3. The van der Waals surface area contributed by atoms with E-state index < -0.39 is 6.10 Å². The molecular weight excluding hydrogens is 645 g/mol. The first kappa shape index (κ1) is 49.9. The zero-order valence-electron chi connectivity index (χ0n) is 34.3. The lowest BCUT2D eigenvalue weighted by Crippen LogP contribution is -2.28. The van der Waals surface area contributed by atoms with Gasteiger partial charge in [0.15, 0.2) is 6.10 Å². The predicted molar refractivity (Wildman–Crippen MR) is 224 cm³/mol. The van der Waals surface area contributed by atoms with Crippen LogP contribution in [-0.2, 0) is 19.1 Å². The van der Waals surface area contributed by atoms with Crippen LogP contribution in [0.4, 0.5) is 0 Å². The summed E-state index contributed by atoms with van der Waals surface area (Å²) in [5.74, 6) is -0.645. The average molecular weight is 729 g/mol. The molecule has 5 nitrogen and oxygen atoms in total. The Balaban J connectivity index is 3.54. The maximum absolute atomic E-state index is 12.2. The van der Waals surface area contributed by atoms with Gasteiger partial charge in [-0.05, 0) is 64.2 Å². The summed E-state index contributed by atoms with van der Waals surface area (Å²) in [6, 6.07) is 0. The molecule has 0 aliphatic carbocycles. The minimum atomic E-state index is -0.792. The highest BCUT2D eigenvalue weighted by molar-refractivity contribution is 5.70.